The van der Waals surface area contributed by atoms with Crippen LogP contribution in [0.15, 0.2) is 36.0 Å². The summed E-state index contributed by atoms with van der Waals surface area (Å²) in [5.41, 5.74) is 0. The minimum absolute atomic E-state index is 0.463. The fraction of sp³-hybridized carbons (Fsp3) is 0. The van der Waals surface area contributed by atoms with Gasteiger partial charge in [0.05, 0.1) is 6.20 Å². The molecule has 1 rings (SSSR count). The third-order valence-electron chi connectivity index (χ3n) is 1.03. The third-order valence-corrected chi connectivity index (χ3v) is 1.03. The Morgan fingerprint density at radius 1 is 1.55 bits per heavy atom. The molecule has 1 aromatic rings. The van der Waals surface area contributed by atoms with Crippen molar-refractivity contribution in [3.05, 3.63) is 31.0 Å². The molecule has 1 heterocycles. The summed E-state index contributed by atoms with van der Waals surface area (Å²) in [6.45, 7) is 6.86. The Kier molecular flexibility index (Phi) is 2.32. The van der Waals surface area contributed by atoms with Crippen LogP contribution in [0.2, 0.25) is 0 Å². The van der Waals surface area contributed by atoms with E-state index >= 15 is 0 Å². The summed E-state index contributed by atoms with van der Waals surface area (Å²) in [5, 5.41) is 2.79. The van der Waals surface area contributed by atoms with E-state index in [0.29, 0.717) is 11.6 Å². The van der Waals surface area contributed by atoms with Crippen molar-refractivity contribution < 1.29 is 0 Å². The standard InChI is InChI=1S/C7H8N4/c1-6(8-2)11-7-5-9-3-4-10-7/h3-5H,1-2H2,(H,10,11). The van der Waals surface area contributed by atoms with Crippen LogP contribution in [-0.2, 0) is 0 Å². The molecular formula is C7H8N4. The van der Waals surface area contributed by atoms with E-state index in [1.54, 1.807) is 18.6 Å². The molecule has 0 unspecified atom stereocenters. The smallest absolute Gasteiger partial charge is 0.149 e. The summed E-state index contributed by atoms with van der Waals surface area (Å²) >= 11 is 0. The number of aromatic nitrogens is 2. The molecule has 1 aromatic heterocycles. The molecule has 0 saturated heterocycles. The lowest BCUT2D eigenvalue weighted by Gasteiger charge is -2.00. The van der Waals surface area contributed by atoms with Crippen molar-refractivity contribution in [2.45, 2.75) is 0 Å². The minimum atomic E-state index is 0.463. The molecule has 11 heavy (non-hydrogen) atoms. The van der Waals surface area contributed by atoms with E-state index in [1.807, 2.05) is 0 Å². The number of rotatable bonds is 3. The van der Waals surface area contributed by atoms with Gasteiger partial charge in [-0.05, 0) is 6.72 Å². The molecule has 0 fully saturated rings. The summed E-state index contributed by atoms with van der Waals surface area (Å²) in [7, 11) is 0. The van der Waals surface area contributed by atoms with E-state index in [0.717, 1.165) is 0 Å². The Labute approximate surface area is 64.7 Å². The van der Waals surface area contributed by atoms with Gasteiger partial charge in [0.1, 0.15) is 11.6 Å². The molecule has 0 spiro atoms. The van der Waals surface area contributed by atoms with Gasteiger partial charge in [0, 0.05) is 12.4 Å². The summed E-state index contributed by atoms with van der Waals surface area (Å²) < 4.78 is 0. The fourth-order valence-electron chi connectivity index (χ4n) is 0.551. The van der Waals surface area contributed by atoms with E-state index in [9.17, 15) is 0 Å². The molecule has 4 heteroatoms. The molecule has 0 bridgehead atoms. The van der Waals surface area contributed by atoms with Crippen molar-refractivity contribution in [3.63, 3.8) is 0 Å². The lowest BCUT2D eigenvalue weighted by Crippen LogP contribution is -1.97. The van der Waals surface area contributed by atoms with Crippen LogP contribution in [0.4, 0.5) is 5.82 Å². The first-order valence-electron chi connectivity index (χ1n) is 3.01. The molecule has 0 aliphatic carbocycles. The Morgan fingerprint density at radius 3 is 2.91 bits per heavy atom. The molecular weight excluding hydrogens is 140 g/mol. The van der Waals surface area contributed by atoms with Crippen molar-refractivity contribution in [2.24, 2.45) is 4.99 Å². The number of hydrogen-bond donors (Lipinski definition) is 1. The van der Waals surface area contributed by atoms with Gasteiger partial charge in [0.2, 0.25) is 0 Å². The highest BCUT2D eigenvalue weighted by Gasteiger charge is 1.90. The van der Waals surface area contributed by atoms with Gasteiger partial charge in [-0.3, -0.25) is 4.98 Å². The number of aliphatic imine (C=N–C) groups is 1. The summed E-state index contributed by atoms with van der Waals surface area (Å²) in [6, 6.07) is 0. The van der Waals surface area contributed by atoms with E-state index in [4.69, 9.17) is 0 Å². The van der Waals surface area contributed by atoms with Crippen molar-refractivity contribution >= 4 is 12.5 Å². The van der Waals surface area contributed by atoms with Gasteiger partial charge in [-0.1, -0.05) is 6.58 Å². The second kappa shape index (κ2) is 3.46. The zero-order chi connectivity index (χ0) is 8.10. The Hall–Kier alpha value is -1.71. The number of nitrogens with zero attached hydrogens (tertiary/aromatic N) is 3. The SMILES string of the molecule is C=NC(=C)Nc1cnccn1. The summed E-state index contributed by atoms with van der Waals surface area (Å²) in [5.74, 6) is 1.08. The average molecular weight is 148 g/mol. The molecule has 56 valence electrons. The first-order chi connectivity index (χ1) is 5.33. The van der Waals surface area contributed by atoms with E-state index in [2.05, 4.69) is 33.6 Å². The topological polar surface area (TPSA) is 50.2 Å². The predicted molar refractivity (Wildman–Crippen MR) is 44.3 cm³/mol. The molecule has 0 aromatic carbocycles. The van der Waals surface area contributed by atoms with E-state index in [-0.39, 0.29) is 0 Å². The zero-order valence-electron chi connectivity index (χ0n) is 5.99. The maximum Gasteiger partial charge on any atom is 0.149 e. The van der Waals surface area contributed by atoms with Crippen LogP contribution >= 0.6 is 0 Å². The normalized spacial score (nSPS) is 8.73. The highest BCUT2D eigenvalue weighted by molar-refractivity contribution is 5.40. The van der Waals surface area contributed by atoms with Crippen molar-refractivity contribution in [1.29, 1.82) is 0 Å². The molecule has 0 aliphatic heterocycles. The Morgan fingerprint density at radius 2 is 2.36 bits per heavy atom. The largest absolute Gasteiger partial charge is 0.324 e. The zero-order valence-corrected chi connectivity index (χ0v) is 5.99. The van der Waals surface area contributed by atoms with Crippen LogP contribution in [-0.4, -0.2) is 16.7 Å². The molecule has 1 N–H and O–H groups in total. The Balaban J connectivity index is 2.65. The fourth-order valence-corrected chi connectivity index (χ4v) is 0.551. The second-order valence-corrected chi connectivity index (χ2v) is 1.82. The van der Waals surface area contributed by atoms with Crippen molar-refractivity contribution in [3.8, 4) is 0 Å². The first-order valence-corrected chi connectivity index (χ1v) is 3.01. The Bertz CT molecular complexity index is 254. The highest BCUT2D eigenvalue weighted by atomic mass is 15.1. The molecule has 0 atom stereocenters. The van der Waals surface area contributed by atoms with Gasteiger partial charge in [-0.2, -0.15) is 0 Å². The van der Waals surface area contributed by atoms with Gasteiger partial charge >= 0.3 is 0 Å². The van der Waals surface area contributed by atoms with Crippen LogP contribution in [0.25, 0.3) is 0 Å². The third kappa shape index (κ3) is 2.17. The molecule has 0 radical (unpaired) electrons. The quantitative estimate of drug-likeness (QED) is 0.652. The summed E-state index contributed by atoms with van der Waals surface area (Å²) in [6.07, 6.45) is 4.75. The van der Waals surface area contributed by atoms with Gasteiger partial charge in [-0.25, -0.2) is 9.98 Å². The molecule has 0 saturated carbocycles. The number of anilines is 1. The first kappa shape index (κ1) is 7.40. The lowest BCUT2D eigenvalue weighted by atomic mass is 10.6. The van der Waals surface area contributed by atoms with Crippen LogP contribution in [0.5, 0.6) is 0 Å². The lowest BCUT2D eigenvalue weighted by molar-refractivity contribution is 1.17. The van der Waals surface area contributed by atoms with E-state index < -0.39 is 0 Å². The summed E-state index contributed by atoms with van der Waals surface area (Å²) in [4.78, 5) is 11.3. The molecule has 4 nitrogen and oxygen atoms in total. The van der Waals surface area contributed by atoms with Crippen LogP contribution in [0.3, 0.4) is 0 Å². The van der Waals surface area contributed by atoms with Gasteiger partial charge in [0.15, 0.2) is 0 Å². The van der Waals surface area contributed by atoms with Crippen molar-refractivity contribution in [1.82, 2.24) is 9.97 Å². The monoisotopic (exact) mass is 148 g/mol. The maximum atomic E-state index is 3.94. The average Bonchev–Trinajstić information content (AvgIpc) is 2.06. The number of nitrogens with one attached hydrogen (secondary N) is 1. The highest BCUT2D eigenvalue weighted by Crippen LogP contribution is 2.01. The number of hydrogen-bond acceptors (Lipinski definition) is 4. The van der Waals surface area contributed by atoms with Crippen LogP contribution < -0.4 is 5.32 Å². The van der Waals surface area contributed by atoms with Gasteiger partial charge in [-0.15, -0.1) is 0 Å². The van der Waals surface area contributed by atoms with Gasteiger partial charge in [0.25, 0.3) is 0 Å². The predicted octanol–water partition coefficient (Wildman–Crippen LogP) is 1.06. The van der Waals surface area contributed by atoms with Crippen LogP contribution in [0.1, 0.15) is 0 Å². The van der Waals surface area contributed by atoms with Gasteiger partial charge < -0.3 is 5.32 Å². The minimum Gasteiger partial charge on any atom is -0.324 e. The second-order valence-electron chi connectivity index (χ2n) is 1.82. The molecule has 0 aliphatic rings. The maximum absolute atomic E-state index is 3.94. The van der Waals surface area contributed by atoms with Crippen molar-refractivity contribution in [2.75, 3.05) is 5.32 Å². The molecule has 0 amide bonds. The van der Waals surface area contributed by atoms with Crippen LogP contribution in [0, 0.1) is 0 Å². The van der Waals surface area contributed by atoms with E-state index in [1.165, 1.54) is 0 Å².